The Bertz CT molecular complexity index is 218. The number of hydrogen-bond acceptors (Lipinski definition) is 0. The molecule has 0 aliphatic carbocycles. The van der Waals surface area contributed by atoms with E-state index in [0.717, 1.165) is 0 Å². The number of hydrogen-bond donors (Lipinski definition) is 0. The molecule has 0 N–H and O–H groups in total. The highest BCUT2D eigenvalue weighted by molar-refractivity contribution is 6.71. The highest BCUT2D eigenvalue weighted by Gasteiger charge is 2.05. The zero-order valence-electron chi connectivity index (χ0n) is 8.72. The summed E-state index contributed by atoms with van der Waals surface area (Å²) < 4.78 is 0. The predicted molar refractivity (Wildman–Crippen MR) is 62.0 cm³/mol. The van der Waals surface area contributed by atoms with Crippen molar-refractivity contribution in [3.05, 3.63) is 30.3 Å². The van der Waals surface area contributed by atoms with Gasteiger partial charge in [0.05, 0.1) is 8.80 Å². The minimum atomic E-state index is -0.240. The smallest absolute Gasteiger partial charge is 0.0669 e. The Morgan fingerprint density at radius 3 is 2.38 bits per heavy atom. The van der Waals surface area contributed by atoms with Crippen molar-refractivity contribution in [2.75, 3.05) is 0 Å². The first kappa shape index (κ1) is 10.5. The quantitative estimate of drug-likeness (QED) is 0.495. The summed E-state index contributed by atoms with van der Waals surface area (Å²) in [4.78, 5) is 0. The van der Waals surface area contributed by atoms with Gasteiger partial charge in [0.25, 0.3) is 0 Å². The van der Waals surface area contributed by atoms with E-state index in [4.69, 9.17) is 0 Å². The van der Waals surface area contributed by atoms with Crippen molar-refractivity contribution < 1.29 is 0 Å². The molecule has 1 heteroatoms. The van der Waals surface area contributed by atoms with E-state index in [1.165, 1.54) is 25.3 Å². The molecule has 0 unspecified atom stereocenters. The second-order valence-electron chi connectivity index (χ2n) is 3.60. The van der Waals surface area contributed by atoms with Gasteiger partial charge >= 0.3 is 0 Å². The molecule has 0 aromatic heterocycles. The van der Waals surface area contributed by atoms with Crippen LogP contribution < -0.4 is 5.19 Å². The van der Waals surface area contributed by atoms with Gasteiger partial charge in [-0.05, 0) is 0 Å². The fourth-order valence-corrected chi connectivity index (χ4v) is 3.34. The van der Waals surface area contributed by atoms with Crippen molar-refractivity contribution in [3.8, 4) is 0 Å². The second-order valence-corrected chi connectivity index (χ2v) is 6.24. The largest absolute Gasteiger partial charge is 0.0824 e. The SMILES string of the molecule is CCCCC[Si](C)c1ccccc1. The topological polar surface area (TPSA) is 0 Å². The van der Waals surface area contributed by atoms with Crippen molar-refractivity contribution in [2.45, 2.75) is 38.8 Å². The lowest BCUT2D eigenvalue weighted by Crippen LogP contribution is -2.25. The van der Waals surface area contributed by atoms with Gasteiger partial charge in [-0.1, -0.05) is 74.3 Å². The highest BCUT2D eigenvalue weighted by atomic mass is 28.3. The first-order chi connectivity index (χ1) is 6.34. The van der Waals surface area contributed by atoms with E-state index in [9.17, 15) is 0 Å². The molecule has 1 aromatic carbocycles. The first-order valence-electron chi connectivity index (χ1n) is 5.22. The first-order valence-corrected chi connectivity index (χ1v) is 7.43. The Morgan fingerprint density at radius 1 is 1.08 bits per heavy atom. The van der Waals surface area contributed by atoms with Crippen molar-refractivity contribution in [3.63, 3.8) is 0 Å². The monoisotopic (exact) mass is 191 g/mol. The molecular formula is C12H19Si. The van der Waals surface area contributed by atoms with Gasteiger partial charge in [-0.25, -0.2) is 0 Å². The summed E-state index contributed by atoms with van der Waals surface area (Å²) >= 11 is 0. The molecule has 1 radical (unpaired) electrons. The Kier molecular flexibility index (Phi) is 4.84. The number of benzene rings is 1. The minimum Gasteiger partial charge on any atom is -0.0669 e. The van der Waals surface area contributed by atoms with E-state index in [1.807, 2.05) is 0 Å². The summed E-state index contributed by atoms with van der Waals surface area (Å²) in [6.07, 6.45) is 4.15. The Balaban J connectivity index is 2.35. The summed E-state index contributed by atoms with van der Waals surface area (Å²) in [6.45, 7) is 4.69. The van der Waals surface area contributed by atoms with Crippen LogP contribution in [-0.4, -0.2) is 8.80 Å². The molecule has 1 aromatic rings. The molecule has 13 heavy (non-hydrogen) atoms. The van der Waals surface area contributed by atoms with E-state index in [2.05, 4.69) is 43.8 Å². The summed E-state index contributed by atoms with van der Waals surface area (Å²) in [6, 6.07) is 12.4. The Labute approximate surface area is 83.6 Å². The Hall–Kier alpha value is -0.563. The van der Waals surface area contributed by atoms with Crippen LogP contribution in [0.3, 0.4) is 0 Å². The van der Waals surface area contributed by atoms with Crippen LogP contribution in [0.4, 0.5) is 0 Å². The van der Waals surface area contributed by atoms with Crippen LogP contribution in [0.5, 0.6) is 0 Å². The fourth-order valence-electron chi connectivity index (χ4n) is 1.51. The standard InChI is InChI=1S/C12H19Si/c1-3-4-8-11-13(2)12-9-6-5-7-10-12/h5-7,9-10H,3-4,8,11H2,1-2H3. The van der Waals surface area contributed by atoms with Gasteiger partial charge < -0.3 is 0 Å². The molecule has 1 rings (SSSR count). The Morgan fingerprint density at radius 2 is 1.77 bits per heavy atom. The molecule has 0 nitrogen and oxygen atoms in total. The molecule has 0 spiro atoms. The van der Waals surface area contributed by atoms with E-state index in [-0.39, 0.29) is 8.80 Å². The number of unbranched alkanes of at least 4 members (excludes halogenated alkanes) is 2. The van der Waals surface area contributed by atoms with Crippen LogP contribution in [0.1, 0.15) is 26.2 Å². The average Bonchev–Trinajstić information content (AvgIpc) is 2.19. The molecule has 0 atom stereocenters. The molecule has 71 valence electrons. The van der Waals surface area contributed by atoms with Gasteiger partial charge in [0.2, 0.25) is 0 Å². The maximum Gasteiger partial charge on any atom is 0.0824 e. The van der Waals surface area contributed by atoms with Gasteiger partial charge in [-0.15, -0.1) is 0 Å². The van der Waals surface area contributed by atoms with Gasteiger partial charge in [0, 0.05) is 0 Å². The van der Waals surface area contributed by atoms with Crippen LogP contribution in [0.2, 0.25) is 12.6 Å². The normalized spacial score (nSPS) is 10.7. The second kappa shape index (κ2) is 5.98. The fraction of sp³-hybridized carbons (Fsp3) is 0.500. The molecule has 0 aliphatic rings. The van der Waals surface area contributed by atoms with Gasteiger partial charge in [0.15, 0.2) is 0 Å². The lowest BCUT2D eigenvalue weighted by atomic mass is 10.3. The molecule has 0 amide bonds. The molecule has 0 saturated heterocycles. The third-order valence-electron chi connectivity index (χ3n) is 2.42. The predicted octanol–water partition coefficient (Wildman–Crippen LogP) is 3.21. The van der Waals surface area contributed by atoms with Crippen molar-refractivity contribution in [1.82, 2.24) is 0 Å². The molecule has 0 heterocycles. The molecule has 0 bridgehead atoms. The zero-order chi connectivity index (χ0) is 9.52. The maximum absolute atomic E-state index is 2.43. The lowest BCUT2D eigenvalue weighted by Gasteiger charge is -2.08. The van der Waals surface area contributed by atoms with Crippen LogP contribution in [0.25, 0.3) is 0 Å². The number of rotatable bonds is 5. The average molecular weight is 191 g/mol. The van der Waals surface area contributed by atoms with E-state index in [0.29, 0.717) is 0 Å². The minimum absolute atomic E-state index is 0.240. The molecule has 0 fully saturated rings. The van der Waals surface area contributed by atoms with Crippen molar-refractivity contribution in [1.29, 1.82) is 0 Å². The van der Waals surface area contributed by atoms with E-state index >= 15 is 0 Å². The van der Waals surface area contributed by atoms with E-state index in [1.54, 1.807) is 5.19 Å². The molecule has 0 aliphatic heterocycles. The van der Waals surface area contributed by atoms with Crippen molar-refractivity contribution in [2.24, 2.45) is 0 Å². The van der Waals surface area contributed by atoms with Gasteiger partial charge in [0.1, 0.15) is 0 Å². The van der Waals surface area contributed by atoms with Crippen LogP contribution in [0.15, 0.2) is 30.3 Å². The summed E-state index contributed by atoms with van der Waals surface area (Å²) in [7, 11) is -0.240. The van der Waals surface area contributed by atoms with Crippen LogP contribution in [-0.2, 0) is 0 Å². The molecule has 0 saturated carbocycles. The molecular weight excluding hydrogens is 172 g/mol. The third-order valence-corrected chi connectivity index (χ3v) is 4.84. The van der Waals surface area contributed by atoms with Gasteiger partial charge in [-0.2, -0.15) is 0 Å². The summed E-state index contributed by atoms with van der Waals surface area (Å²) in [5.41, 5.74) is 0. The maximum atomic E-state index is 2.43. The zero-order valence-corrected chi connectivity index (χ0v) is 9.72. The highest BCUT2D eigenvalue weighted by Crippen LogP contribution is 2.04. The van der Waals surface area contributed by atoms with Gasteiger partial charge in [-0.3, -0.25) is 0 Å². The summed E-state index contributed by atoms with van der Waals surface area (Å²) in [5, 5.41) is 1.59. The van der Waals surface area contributed by atoms with Crippen LogP contribution >= 0.6 is 0 Å². The summed E-state index contributed by atoms with van der Waals surface area (Å²) in [5.74, 6) is 0. The van der Waals surface area contributed by atoms with Crippen LogP contribution in [0, 0.1) is 0 Å². The van der Waals surface area contributed by atoms with E-state index < -0.39 is 0 Å². The third kappa shape index (κ3) is 3.77. The lowest BCUT2D eigenvalue weighted by molar-refractivity contribution is 0.767. The van der Waals surface area contributed by atoms with Crippen molar-refractivity contribution >= 4 is 14.0 Å².